The van der Waals surface area contributed by atoms with Gasteiger partial charge in [0.2, 0.25) is 0 Å². The van der Waals surface area contributed by atoms with Crippen molar-refractivity contribution in [2.75, 3.05) is 0 Å². The summed E-state index contributed by atoms with van der Waals surface area (Å²) in [5.41, 5.74) is 0. The lowest BCUT2D eigenvalue weighted by Gasteiger charge is -1.87. The van der Waals surface area contributed by atoms with E-state index in [4.69, 9.17) is 0 Å². The van der Waals surface area contributed by atoms with Gasteiger partial charge in [-0.3, -0.25) is 0 Å². The minimum atomic E-state index is -0.562. The van der Waals surface area contributed by atoms with Gasteiger partial charge >= 0.3 is 10.8 Å². The van der Waals surface area contributed by atoms with Crippen molar-refractivity contribution in [2.24, 2.45) is 0 Å². The molecular formula is C4H4NO3+. The van der Waals surface area contributed by atoms with Gasteiger partial charge in [-0.1, -0.05) is 0 Å². The van der Waals surface area contributed by atoms with Gasteiger partial charge in [-0.15, -0.1) is 0 Å². The number of amides is 1. The van der Waals surface area contributed by atoms with Crippen molar-refractivity contribution >= 4 is 5.91 Å². The Labute approximate surface area is 45.3 Å². The van der Waals surface area contributed by atoms with E-state index in [1.807, 2.05) is 0 Å². The number of nitrogens with zero attached hydrogens (tertiary/aromatic N) is 1. The van der Waals surface area contributed by atoms with E-state index in [1.165, 1.54) is 12.3 Å². The Hall–Kier alpha value is -1.19. The third-order valence-corrected chi connectivity index (χ3v) is 0.749. The van der Waals surface area contributed by atoms with Crippen molar-refractivity contribution in [3.63, 3.8) is 0 Å². The first kappa shape index (κ1) is 4.96. The molecule has 0 unspecified atom stereocenters. The molecule has 0 atom stereocenters. The Morgan fingerprint density at radius 2 is 2.50 bits per heavy atom. The molecule has 8 heavy (non-hydrogen) atoms. The number of rotatable bonds is 0. The molecule has 0 saturated carbocycles. The zero-order chi connectivity index (χ0) is 5.98. The van der Waals surface area contributed by atoms with E-state index in [0.717, 1.165) is 0 Å². The summed E-state index contributed by atoms with van der Waals surface area (Å²) in [6.07, 6.45) is 2.81. The highest BCUT2D eigenvalue weighted by Gasteiger charge is 2.25. The largest absolute Gasteiger partial charge is 0.494 e. The zero-order valence-electron chi connectivity index (χ0n) is 4.03. The molecule has 0 aromatic heterocycles. The summed E-state index contributed by atoms with van der Waals surface area (Å²) in [7, 11) is 0. The molecular weight excluding hydrogens is 110 g/mol. The molecule has 1 amide bonds. The lowest BCUT2D eigenvalue weighted by Crippen LogP contribution is -2.17. The second-order valence-electron chi connectivity index (χ2n) is 1.33. The number of hydrogen-bond donors (Lipinski definition) is 0. The zero-order valence-corrected chi connectivity index (χ0v) is 4.03. The molecule has 0 bridgehead atoms. The molecule has 0 fully saturated rings. The van der Waals surface area contributed by atoms with Crippen LogP contribution in [0, 0.1) is 4.91 Å². The van der Waals surface area contributed by atoms with E-state index >= 15 is 0 Å². The monoisotopic (exact) mass is 114 g/mol. The molecule has 0 aliphatic carbocycles. The van der Waals surface area contributed by atoms with Crippen molar-refractivity contribution in [2.45, 2.75) is 6.42 Å². The summed E-state index contributed by atoms with van der Waals surface area (Å²) in [5, 5.41) is 0. The first-order valence-electron chi connectivity index (χ1n) is 2.12. The predicted octanol–water partition coefficient (Wildman–Crippen LogP) is 0.141. The highest BCUT2D eigenvalue weighted by atomic mass is 16.8. The van der Waals surface area contributed by atoms with Crippen molar-refractivity contribution in [3.05, 3.63) is 17.2 Å². The molecule has 0 radical (unpaired) electrons. The van der Waals surface area contributed by atoms with Gasteiger partial charge in [0.1, 0.15) is 6.42 Å². The van der Waals surface area contributed by atoms with Gasteiger partial charge in [-0.05, 0) is 6.08 Å². The van der Waals surface area contributed by atoms with Crippen molar-refractivity contribution < 1.29 is 14.6 Å². The topological polar surface area (TPSA) is 46.4 Å². The molecule has 0 aromatic rings. The maximum absolute atomic E-state index is 10.2. The molecule has 4 heteroatoms. The Morgan fingerprint density at radius 3 is 2.88 bits per heavy atom. The number of carbonyl (C=O) groups is 1. The van der Waals surface area contributed by atoms with Crippen LogP contribution < -0.4 is 0 Å². The Bertz CT molecular complexity index is 143. The fourth-order valence-corrected chi connectivity index (χ4v) is 0.381. The van der Waals surface area contributed by atoms with Crippen LogP contribution in [0.4, 0.5) is 0 Å². The minimum Gasteiger partial charge on any atom is -0.208 e. The maximum atomic E-state index is 10.2. The summed E-state index contributed by atoms with van der Waals surface area (Å²) < 4.78 is 0. The lowest BCUT2D eigenvalue weighted by atomic mass is 10.4. The van der Waals surface area contributed by atoms with E-state index < -0.39 is 5.91 Å². The lowest BCUT2D eigenvalue weighted by molar-refractivity contribution is -0.719. The Balaban J connectivity index is 2.71. The van der Waals surface area contributed by atoms with Gasteiger partial charge < -0.3 is 0 Å². The second-order valence-corrected chi connectivity index (χ2v) is 1.33. The van der Waals surface area contributed by atoms with Crippen molar-refractivity contribution in [1.29, 1.82) is 0 Å². The van der Waals surface area contributed by atoms with Gasteiger partial charge in [0.05, 0.1) is 4.91 Å². The van der Waals surface area contributed by atoms with E-state index in [-0.39, 0.29) is 11.3 Å². The highest BCUT2D eigenvalue weighted by molar-refractivity contribution is 5.68. The van der Waals surface area contributed by atoms with Gasteiger partial charge in [0.15, 0.2) is 6.26 Å². The van der Waals surface area contributed by atoms with Crippen LogP contribution in [0.1, 0.15) is 6.42 Å². The second kappa shape index (κ2) is 1.73. The average molecular weight is 114 g/mol. The van der Waals surface area contributed by atoms with Crippen LogP contribution in [0.15, 0.2) is 12.3 Å². The molecule has 4 nitrogen and oxygen atoms in total. The molecule has 0 aromatic carbocycles. The fraction of sp³-hybridized carbons (Fsp3) is 0.250. The Morgan fingerprint density at radius 1 is 1.75 bits per heavy atom. The standard InChI is InChI=1S/C4H4NO3/c6-4-2-1-3-8-5(4)7/h1,3H,2H2/q+1. The maximum Gasteiger partial charge on any atom is 0.494 e. The molecule has 1 aliphatic heterocycles. The van der Waals surface area contributed by atoms with E-state index in [2.05, 4.69) is 4.84 Å². The van der Waals surface area contributed by atoms with Gasteiger partial charge in [-0.2, -0.15) is 4.84 Å². The highest BCUT2D eigenvalue weighted by Crippen LogP contribution is 1.96. The SMILES string of the molecule is O=C1CC=CO[N+]1=O. The normalized spacial score (nSPS) is 18.5. The van der Waals surface area contributed by atoms with Crippen LogP contribution in [-0.2, 0) is 9.63 Å². The van der Waals surface area contributed by atoms with E-state index in [9.17, 15) is 9.70 Å². The molecule has 1 rings (SSSR count). The number of hydrogen-bond acceptors (Lipinski definition) is 3. The minimum absolute atomic E-state index is 0.0417. The van der Waals surface area contributed by atoms with Crippen molar-refractivity contribution in [3.8, 4) is 0 Å². The van der Waals surface area contributed by atoms with E-state index in [0.29, 0.717) is 0 Å². The van der Waals surface area contributed by atoms with E-state index in [1.54, 1.807) is 0 Å². The van der Waals surface area contributed by atoms with Gasteiger partial charge in [0, 0.05) is 0 Å². The van der Waals surface area contributed by atoms with Crippen LogP contribution in [-0.4, -0.2) is 10.8 Å². The molecule has 0 spiro atoms. The summed E-state index contributed by atoms with van der Waals surface area (Å²) in [5.74, 6) is -0.562. The number of carbonyl (C=O) groups excluding carboxylic acids is 1. The third kappa shape index (κ3) is 0.726. The van der Waals surface area contributed by atoms with Crippen LogP contribution in [0.25, 0.3) is 0 Å². The average Bonchev–Trinajstić information content (AvgIpc) is 1.77. The quantitative estimate of drug-likeness (QED) is 0.450. The van der Waals surface area contributed by atoms with Crippen LogP contribution in [0.2, 0.25) is 0 Å². The fourth-order valence-electron chi connectivity index (χ4n) is 0.381. The first-order valence-corrected chi connectivity index (χ1v) is 2.12. The molecule has 1 heterocycles. The van der Waals surface area contributed by atoms with Crippen LogP contribution in [0.3, 0.4) is 0 Å². The molecule has 0 N–H and O–H groups in total. The summed E-state index contributed by atoms with van der Waals surface area (Å²) in [4.78, 5) is 24.4. The molecule has 42 valence electrons. The Kier molecular flexibility index (Phi) is 1.07. The van der Waals surface area contributed by atoms with Crippen LogP contribution in [0.5, 0.6) is 0 Å². The summed E-state index contributed by atoms with van der Waals surface area (Å²) in [6.45, 7) is 0. The predicted molar refractivity (Wildman–Crippen MR) is 23.5 cm³/mol. The summed E-state index contributed by atoms with van der Waals surface area (Å²) in [6, 6.07) is 0. The smallest absolute Gasteiger partial charge is 0.208 e. The van der Waals surface area contributed by atoms with Gasteiger partial charge in [-0.25, -0.2) is 4.79 Å². The van der Waals surface area contributed by atoms with Crippen LogP contribution >= 0.6 is 0 Å². The first-order chi connectivity index (χ1) is 3.80. The van der Waals surface area contributed by atoms with Crippen molar-refractivity contribution in [1.82, 2.24) is 0 Å². The van der Waals surface area contributed by atoms with Gasteiger partial charge in [0.25, 0.3) is 0 Å². The molecule has 1 aliphatic rings. The summed E-state index contributed by atoms with van der Waals surface area (Å²) >= 11 is 0. The molecule has 0 saturated heterocycles. The third-order valence-electron chi connectivity index (χ3n) is 0.749.